The maximum Gasteiger partial charge on any atom is 0.321 e. The van der Waals surface area contributed by atoms with Crippen molar-refractivity contribution in [1.82, 2.24) is 14.8 Å². The molecule has 2 aromatic rings. The van der Waals surface area contributed by atoms with Crippen LogP contribution in [0.1, 0.15) is 31.7 Å². The number of anilines is 1. The minimum absolute atomic E-state index is 0.0118. The van der Waals surface area contributed by atoms with Gasteiger partial charge in [0.1, 0.15) is 11.9 Å². The fourth-order valence-corrected chi connectivity index (χ4v) is 3.87. The van der Waals surface area contributed by atoms with Crippen LogP contribution in [0.2, 0.25) is 0 Å². The fourth-order valence-electron chi connectivity index (χ4n) is 3.87. The molecule has 0 radical (unpaired) electrons. The van der Waals surface area contributed by atoms with Crippen molar-refractivity contribution < 1.29 is 14.3 Å². The van der Waals surface area contributed by atoms with Gasteiger partial charge in [-0.1, -0.05) is 19.9 Å². The largest absolute Gasteiger partial charge is 0.489 e. The van der Waals surface area contributed by atoms with Crippen molar-refractivity contribution >= 4 is 17.6 Å². The van der Waals surface area contributed by atoms with Crippen molar-refractivity contribution in [3.63, 3.8) is 0 Å². The number of aromatic nitrogens is 1. The average Bonchev–Trinajstić information content (AvgIpc) is 3.17. The van der Waals surface area contributed by atoms with Gasteiger partial charge in [0.05, 0.1) is 6.54 Å². The predicted octanol–water partition coefficient (Wildman–Crippen LogP) is 3.35. The molecule has 30 heavy (non-hydrogen) atoms. The highest BCUT2D eigenvalue weighted by molar-refractivity contribution is 5.90. The Balaban J connectivity index is 1.23. The number of ether oxygens (including phenoxy) is 1. The van der Waals surface area contributed by atoms with E-state index in [1.54, 1.807) is 11.1 Å². The summed E-state index contributed by atoms with van der Waals surface area (Å²) in [7, 11) is 0. The lowest BCUT2D eigenvalue weighted by Crippen LogP contribution is -2.50. The molecule has 4 rings (SSSR count). The molecule has 1 aromatic heterocycles. The number of rotatable bonds is 5. The standard InChI is InChI=1S/C23H28N4O3/c1-16(2)22(28)26-11-9-21(15-26)30-20-7-5-19(6-8-20)25-23(29)27-13-18(14-27)17-4-3-10-24-12-17/h3-8,10,12,16,18,21H,9,11,13-15H2,1-2H3,(H,25,29)/t21-/m0/s1. The first-order valence-electron chi connectivity index (χ1n) is 10.5. The molecule has 2 fully saturated rings. The lowest BCUT2D eigenvalue weighted by Gasteiger charge is -2.39. The van der Waals surface area contributed by atoms with Crippen LogP contribution >= 0.6 is 0 Å². The zero-order valence-corrected chi connectivity index (χ0v) is 17.5. The smallest absolute Gasteiger partial charge is 0.321 e. The van der Waals surface area contributed by atoms with Crippen LogP contribution in [-0.2, 0) is 4.79 Å². The molecule has 158 valence electrons. The molecule has 3 heterocycles. The van der Waals surface area contributed by atoms with Gasteiger partial charge in [-0.25, -0.2) is 4.79 Å². The zero-order valence-electron chi connectivity index (χ0n) is 17.5. The Morgan fingerprint density at radius 1 is 1.10 bits per heavy atom. The first kappa shape index (κ1) is 20.2. The second-order valence-corrected chi connectivity index (χ2v) is 8.31. The molecule has 7 nitrogen and oxygen atoms in total. The monoisotopic (exact) mass is 408 g/mol. The molecule has 0 unspecified atom stereocenters. The van der Waals surface area contributed by atoms with Crippen molar-refractivity contribution in [2.45, 2.75) is 32.3 Å². The Bertz CT molecular complexity index is 879. The maximum atomic E-state index is 12.4. The van der Waals surface area contributed by atoms with E-state index in [1.807, 2.05) is 61.3 Å². The van der Waals surface area contributed by atoms with Gasteiger partial charge in [-0.05, 0) is 35.9 Å². The van der Waals surface area contributed by atoms with E-state index in [4.69, 9.17) is 4.74 Å². The number of hydrogen-bond donors (Lipinski definition) is 1. The van der Waals surface area contributed by atoms with E-state index < -0.39 is 0 Å². The number of hydrogen-bond acceptors (Lipinski definition) is 4. The molecule has 3 amide bonds. The molecule has 2 aliphatic heterocycles. The van der Waals surface area contributed by atoms with Gasteiger partial charge in [0, 0.05) is 56.0 Å². The van der Waals surface area contributed by atoms with E-state index in [2.05, 4.69) is 10.3 Å². The third-order valence-electron chi connectivity index (χ3n) is 5.68. The lowest BCUT2D eigenvalue weighted by molar-refractivity contribution is -0.133. The highest BCUT2D eigenvalue weighted by Crippen LogP contribution is 2.27. The van der Waals surface area contributed by atoms with Gasteiger partial charge in [-0.2, -0.15) is 0 Å². The minimum Gasteiger partial charge on any atom is -0.489 e. The van der Waals surface area contributed by atoms with E-state index >= 15 is 0 Å². The molecular formula is C23H28N4O3. The quantitative estimate of drug-likeness (QED) is 0.823. The van der Waals surface area contributed by atoms with Gasteiger partial charge in [0.15, 0.2) is 0 Å². The van der Waals surface area contributed by atoms with Crippen LogP contribution in [0.15, 0.2) is 48.8 Å². The molecule has 0 saturated carbocycles. The summed E-state index contributed by atoms with van der Waals surface area (Å²) in [5.74, 6) is 1.29. The van der Waals surface area contributed by atoms with E-state index in [9.17, 15) is 9.59 Å². The van der Waals surface area contributed by atoms with Gasteiger partial charge >= 0.3 is 6.03 Å². The Morgan fingerprint density at radius 2 is 1.87 bits per heavy atom. The number of pyridine rings is 1. The minimum atomic E-state index is -0.0950. The Morgan fingerprint density at radius 3 is 2.53 bits per heavy atom. The second kappa shape index (κ2) is 8.73. The van der Waals surface area contributed by atoms with Crippen LogP contribution in [0.4, 0.5) is 10.5 Å². The van der Waals surface area contributed by atoms with Crippen LogP contribution in [0.5, 0.6) is 5.75 Å². The van der Waals surface area contributed by atoms with Crippen LogP contribution in [-0.4, -0.2) is 59.0 Å². The molecule has 1 aromatic carbocycles. The number of benzene rings is 1. The van der Waals surface area contributed by atoms with Crippen LogP contribution in [0.3, 0.4) is 0 Å². The summed E-state index contributed by atoms with van der Waals surface area (Å²) in [6.07, 6.45) is 4.47. The summed E-state index contributed by atoms with van der Waals surface area (Å²) < 4.78 is 6.02. The predicted molar refractivity (Wildman–Crippen MR) is 114 cm³/mol. The Labute approximate surface area is 177 Å². The lowest BCUT2D eigenvalue weighted by atomic mass is 9.93. The van der Waals surface area contributed by atoms with Crippen LogP contribution in [0, 0.1) is 5.92 Å². The molecule has 1 N–H and O–H groups in total. The normalized spacial score (nSPS) is 19.0. The van der Waals surface area contributed by atoms with Crippen molar-refractivity contribution in [2.24, 2.45) is 5.92 Å². The van der Waals surface area contributed by atoms with Gasteiger partial charge in [-0.3, -0.25) is 9.78 Å². The molecular weight excluding hydrogens is 380 g/mol. The number of carbonyl (C=O) groups excluding carboxylic acids is 2. The molecule has 7 heteroatoms. The number of likely N-dealkylation sites (tertiary alicyclic amines) is 2. The molecule has 0 bridgehead atoms. The SMILES string of the molecule is CC(C)C(=O)N1CC[C@H](Oc2ccc(NC(=O)N3CC(c4cccnc4)C3)cc2)C1. The van der Waals surface area contributed by atoms with E-state index in [0.29, 0.717) is 25.6 Å². The maximum absolute atomic E-state index is 12.4. The van der Waals surface area contributed by atoms with E-state index in [0.717, 1.165) is 24.4 Å². The number of nitrogens with zero attached hydrogens (tertiary/aromatic N) is 3. The summed E-state index contributed by atoms with van der Waals surface area (Å²) in [5.41, 5.74) is 1.91. The van der Waals surface area contributed by atoms with Gasteiger partial charge < -0.3 is 19.9 Å². The van der Waals surface area contributed by atoms with Gasteiger partial charge in [0.2, 0.25) is 5.91 Å². The molecule has 1 atom stereocenters. The number of carbonyl (C=O) groups is 2. The summed E-state index contributed by atoms with van der Waals surface area (Å²) in [6.45, 7) is 6.61. The van der Waals surface area contributed by atoms with Gasteiger partial charge in [0.25, 0.3) is 0 Å². The van der Waals surface area contributed by atoms with Gasteiger partial charge in [-0.15, -0.1) is 0 Å². The topological polar surface area (TPSA) is 74.8 Å². The molecule has 0 aliphatic carbocycles. The average molecular weight is 409 g/mol. The van der Waals surface area contributed by atoms with Crippen molar-refractivity contribution in [3.8, 4) is 5.75 Å². The highest BCUT2D eigenvalue weighted by atomic mass is 16.5. The first-order chi connectivity index (χ1) is 14.5. The zero-order chi connectivity index (χ0) is 21.1. The molecule has 0 spiro atoms. The third kappa shape index (κ3) is 4.56. The third-order valence-corrected chi connectivity index (χ3v) is 5.68. The summed E-state index contributed by atoms with van der Waals surface area (Å²) in [4.78, 5) is 32.3. The molecule has 2 aliphatic rings. The van der Waals surface area contributed by atoms with Crippen LogP contribution < -0.4 is 10.1 Å². The highest BCUT2D eigenvalue weighted by Gasteiger charge is 2.32. The van der Waals surface area contributed by atoms with Crippen molar-refractivity contribution in [1.29, 1.82) is 0 Å². The second-order valence-electron chi connectivity index (χ2n) is 8.31. The first-order valence-corrected chi connectivity index (χ1v) is 10.5. The summed E-state index contributed by atoms with van der Waals surface area (Å²) >= 11 is 0. The number of urea groups is 1. The van der Waals surface area contributed by atoms with E-state index in [1.165, 1.54) is 5.56 Å². The van der Waals surface area contributed by atoms with Crippen molar-refractivity contribution in [3.05, 3.63) is 54.4 Å². The number of amides is 3. The van der Waals surface area contributed by atoms with Crippen molar-refractivity contribution in [2.75, 3.05) is 31.5 Å². The van der Waals surface area contributed by atoms with E-state index in [-0.39, 0.29) is 24.0 Å². The number of nitrogens with one attached hydrogen (secondary N) is 1. The summed E-state index contributed by atoms with van der Waals surface area (Å²) in [6, 6.07) is 11.3. The molecule has 2 saturated heterocycles. The fraction of sp³-hybridized carbons (Fsp3) is 0.435. The Kier molecular flexibility index (Phi) is 5.88. The Hall–Kier alpha value is -3.09. The summed E-state index contributed by atoms with van der Waals surface area (Å²) in [5, 5.41) is 2.93. The van der Waals surface area contributed by atoms with Crippen LogP contribution in [0.25, 0.3) is 0 Å².